The smallest absolute Gasteiger partial charge is 0.228 e. The monoisotopic (exact) mass is 701 g/mol. The summed E-state index contributed by atoms with van der Waals surface area (Å²) in [6.07, 6.45) is 23.5. The van der Waals surface area contributed by atoms with Crippen molar-refractivity contribution in [3.8, 4) is 18.6 Å². The van der Waals surface area contributed by atoms with E-state index in [9.17, 15) is 4.79 Å². The number of carbonyl (C=O) groups excluding carboxylic acids is 1. The number of ether oxygens (including phenoxy) is 1. The highest BCUT2D eigenvalue weighted by atomic mass is 16.5. The van der Waals surface area contributed by atoms with Gasteiger partial charge in [-0.15, -0.1) is 12.8 Å². The Labute approximate surface area is 310 Å². The van der Waals surface area contributed by atoms with Gasteiger partial charge in [0.2, 0.25) is 5.91 Å². The SMILES string of the molecule is C#C.C/C=C(C(=NC)N1CCCC1=O)\C(C)=C/Cc1cnn2cccnc12.CC.CC.CCC(C)CCNc1cc(OC)c(C(C)CC)cc1C. The Morgan fingerprint density at radius 1 is 1.14 bits per heavy atom. The third kappa shape index (κ3) is 14.0. The third-order valence-electron chi connectivity index (χ3n) is 8.85. The van der Waals surface area contributed by atoms with Gasteiger partial charge in [0.1, 0.15) is 11.6 Å². The van der Waals surface area contributed by atoms with Crippen molar-refractivity contribution >= 4 is 23.1 Å². The number of methoxy groups -OCH3 is 1. The summed E-state index contributed by atoms with van der Waals surface area (Å²) in [6.45, 7) is 25.0. The third-order valence-corrected chi connectivity index (χ3v) is 8.85. The molecule has 51 heavy (non-hydrogen) atoms. The maximum absolute atomic E-state index is 12.1. The Bertz CT molecular complexity index is 1550. The molecule has 4 rings (SSSR count). The molecule has 282 valence electrons. The molecular weight excluding hydrogens is 633 g/mol. The van der Waals surface area contributed by atoms with Gasteiger partial charge >= 0.3 is 0 Å². The molecule has 0 aliphatic carbocycles. The van der Waals surface area contributed by atoms with Crippen molar-refractivity contribution in [3.05, 3.63) is 76.8 Å². The summed E-state index contributed by atoms with van der Waals surface area (Å²) in [6, 6.07) is 6.30. The molecule has 1 aliphatic heterocycles. The summed E-state index contributed by atoms with van der Waals surface area (Å²) in [5, 5.41) is 7.88. The topological polar surface area (TPSA) is 84.1 Å². The molecule has 2 atom stereocenters. The first kappa shape index (κ1) is 46.6. The summed E-state index contributed by atoms with van der Waals surface area (Å²) < 4.78 is 7.35. The minimum absolute atomic E-state index is 0.152. The second kappa shape index (κ2) is 26.4. The van der Waals surface area contributed by atoms with Crippen LogP contribution in [-0.4, -0.2) is 58.5 Å². The van der Waals surface area contributed by atoms with Crippen LogP contribution in [0.4, 0.5) is 5.69 Å². The minimum Gasteiger partial charge on any atom is -0.496 e. The van der Waals surface area contributed by atoms with Gasteiger partial charge < -0.3 is 10.1 Å². The van der Waals surface area contributed by atoms with Crippen LogP contribution >= 0.6 is 0 Å². The van der Waals surface area contributed by atoms with Crippen LogP contribution in [0.2, 0.25) is 0 Å². The average Bonchev–Trinajstić information content (AvgIpc) is 3.81. The van der Waals surface area contributed by atoms with Crippen LogP contribution in [0, 0.1) is 25.7 Å². The molecule has 3 aromatic rings. The number of carbonyl (C=O) groups is 1. The van der Waals surface area contributed by atoms with Crippen molar-refractivity contribution in [1.82, 2.24) is 19.5 Å². The van der Waals surface area contributed by atoms with Gasteiger partial charge in [0.15, 0.2) is 5.65 Å². The highest BCUT2D eigenvalue weighted by Crippen LogP contribution is 2.33. The van der Waals surface area contributed by atoms with E-state index < -0.39 is 0 Å². The van der Waals surface area contributed by atoms with E-state index in [2.05, 4.69) is 93.0 Å². The number of aromatic nitrogens is 3. The molecule has 1 amide bonds. The molecular formula is C43H68N6O2. The van der Waals surface area contributed by atoms with E-state index in [1.54, 1.807) is 29.8 Å². The summed E-state index contributed by atoms with van der Waals surface area (Å²) in [5.74, 6) is 3.24. The Kier molecular flexibility index (Phi) is 24.2. The number of amidine groups is 1. The van der Waals surface area contributed by atoms with Crippen molar-refractivity contribution < 1.29 is 9.53 Å². The Hall–Kier alpha value is -4.38. The van der Waals surface area contributed by atoms with E-state index in [0.717, 1.165) is 72.2 Å². The number of terminal acetylenes is 1. The molecule has 1 aliphatic rings. The lowest BCUT2D eigenvalue weighted by Crippen LogP contribution is -2.33. The van der Waals surface area contributed by atoms with Crippen molar-refractivity contribution in [1.29, 1.82) is 0 Å². The van der Waals surface area contributed by atoms with E-state index in [-0.39, 0.29) is 5.91 Å². The number of rotatable bonds is 12. The number of aryl methyl sites for hydroxylation is 1. The molecule has 1 N–H and O–H groups in total. The van der Waals surface area contributed by atoms with Crippen LogP contribution in [0.15, 0.2) is 65.1 Å². The molecule has 1 fully saturated rings. The number of anilines is 1. The molecule has 3 heterocycles. The van der Waals surface area contributed by atoms with Gasteiger partial charge in [-0.05, 0) is 81.1 Å². The molecule has 2 unspecified atom stereocenters. The van der Waals surface area contributed by atoms with E-state index >= 15 is 0 Å². The largest absolute Gasteiger partial charge is 0.496 e. The first-order valence-electron chi connectivity index (χ1n) is 18.8. The first-order valence-corrected chi connectivity index (χ1v) is 18.8. The fourth-order valence-electron chi connectivity index (χ4n) is 5.53. The highest BCUT2D eigenvalue weighted by Gasteiger charge is 2.26. The predicted octanol–water partition coefficient (Wildman–Crippen LogP) is 10.5. The summed E-state index contributed by atoms with van der Waals surface area (Å²) in [5.41, 5.74) is 7.87. The van der Waals surface area contributed by atoms with Crippen LogP contribution in [0.5, 0.6) is 5.75 Å². The highest BCUT2D eigenvalue weighted by molar-refractivity contribution is 6.10. The maximum atomic E-state index is 12.1. The molecule has 0 saturated carbocycles. The number of nitrogens with zero attached hydrogens (tertiary/aromatic N) is 5. The number of allylic oxidation sites excluding steroid dienone is 2. The van der Waals surface area contributed by atoms with Gasteiger partial charge in [-0.2, -0.15) is 5.10 Å². The van der Waals surface area contributed by atoms with Gasteiger partial charge in [-0.25, -0.2) is 9.50 Å². The van der Waals surface area contributed by atoms with Crippen molar-refractivity contribution in [2.24, 2.45) is 10.9 Å². The number of fused-ring (bicyclic) bond motifs is 1. The maximum Gasteiger partial charge on any atom is 0.228 e. The van der Waals surface area contributed by atoms with Crippen LogP contribution in [-0.2, 0) is 11.2 Å². The number of amides is 1. The molecule has 8 heteroatoms. The molecule has 0 spiro atoms. The minimum atomic E-state index is 0.152. The Balaban J connectivity index is 0.000000872. The Morgan fingerprint density at radius 3 is 2.37 bits per heavy atom. The van der Waals surface area contributed by atoms with E-state index in [1.165, 1.54) is 29.7 Å². The normalized spacial score (nSPS) is 14.1. The van der Waals surface area contributed by atoms with Crippen LogP contribution in [0.25, 0.3) is 5.65 Å². The summed E-state index contributed by atoms with van der Waals surface area (Å²) in [7, 11) is 3.51. The zero-order valence-electron chi connectivity index (χ0n) is 34.1. The predicted molar refractivity (Wildman–Crippen MR) is 220 cm³/mol. The first-order chi connectivity index (χ1) is 24.7. The Morgan fingerprint density at radius 2 is 1.82 bits per heavy atom. The standard InChI is InChI=1S/C19H23N5O.C18H31NO.2C2H6.C2H2/c1-4-16(19(20-3)23-11-5-7-17(23)25)14(2)8-9-15-13-22-24-12-6-10-21-18(15)24;1-7-13(3)9-10-19-17-12-18(20-6)16(11-15(17)5)14(4)8-2;3*1-2/h4,6,8,10,12-13H,5,7,9,11H2,1-3H3;11-14,19H,7-10H2,1-6H3;2*1-2H3;1-2H/b14-8-,16-4+,20-19?;;;;. The van der Waals surface area contributed by atoms with Gasteiger partial charge in [0, 0.05) is 61.8 Å². The van der Waals surface area contributed by atoms with E-state index in [4.69, 9.17) is 4.74 Å². The lowest BCUT2D eigenvalue weighted by atomic mass is 9.95. The van der Waals surface area contributed by atoms with Crippen molar-refractivity contribution in [3.63, 3.8) is 0 Å². The average molecular weight is 701 g/mol. The molecule has 2 aromatic heterocycles. The van der Waals surface area contributed by atoms with Gasteiger partial charge in [0.25, 0.3) is 0 Å². The molecule has 8 nitrogen and oxygen atoms in total. The number of benzene rings is 1. The van der Waals surface area contributed by atoms with Crippen LogP contribution in [0.1, 0.15) is 124 Å². The molecule has 1 aromatic carbocycles. The number of nitrogens with one attached hydrogen (secondary N) is 1. The van der Waals surface area contributed by atoms with Crippen molar-refractivity contribution in [2.75, 3.05) is 32.6 Å². The van der Waals surface area contributed by atoms with E-state index in [1.807, 2.05) is 59.2 Å². The molecule has 0 radical (unpaired) electrons. The zero-order valence-corrected chi connectivity index (χ0v) is 34.1. The summed E-state index contributed by atoms with van der Waals surface area (Å²) in [4.78, 5) is 22.7. The van der Waals surface area contributed by atoms with Gasteiger partial charge in [-0.3, -0.25) is 14.7 Å². The fraction of sp³-hybridized carbons (Fsp3) is 0.535. The second-order valence-electron chi connectivity index (χ2n) is 12.0. The molecule has 0 bridgehead atoms. The van der Waals surface area contributed by atoms with Gasteiger partial charge in [0.05, 0.1) is 13.3 Å². The lowest BCUT2D eigenvalue weighted by Gasteiger charge is -2.21. The van der Waals surface area contributed by atoms with Gasteiger partial charge in [-0.1, -0.05) is 80.0 Å². The zero-order chi connectivity index (χ0) is 38.9. The number of likely N-dealkylation sites (tertiary alicyclic amines) is 1. The molecule has 1 saturated heterocycles. The van der Waals surface area contributed by atoms with Crippen molar-refractivity contribution in [2.45, 2.75) is 121 Å². The number of hydrogen-bond donors (Lipinski definition) is 1. The quantitative estimate of drug-likeness (QED) is 0.0880. The number of aliphatic imine (C=N–C) groups is 1. The van der Waals surface area contributed by atoms with Crippen LogP contribution < -0.4 is 10.1 Å². The number of hydrogen-bond acceptors (Lipinski definition) is 6. The van der Waals surface area contributed by atoms with E-state index in [0.29, 0.717) is 12.3 Å². The second-order valence-corrected chi connectivity index (χ2v) is 12.0. The lowest BCUT2D eigenvalue weighted by molar-refractivity contribution is -0.124. The fourth-order valence-corrected chi connectivity index (χ4v) is 5.53. The summed E-state index contributed by atoms with van der Waals surface area (Å²) >= 11 is 0. The van der Waals surface area contributed by atoms with Crippen LogP contribution in [0.3, 0.4) is 0 Å².